The fourth-order valence-corrected chi connectivity index (χ4v) is 7.45. The summed E-state index contributed by atoms with van der Waals surface area (Å²) in [5.74, 6) is -12.6. The third-order valence-electron chi connectivity index (χ3n) is 11.5. The predicted molar refractivity (Wildman–Crippen MR) is 293 cm³/mol. The van der Waals surface area contributed by atoms with Gasteiger partial charge >= 0.3 is 11.9 Å². The van der Waals surface area contributed by atoms with E-state index in [1.54, 1.807) is 32.2 Å². The Hall–Kier alpha value is -8.29. The minimum absolute atomic E-state index is 0.0120. The highest BCUT2D eigenvalue weighted by Gasteiger charge is 2.33. The topological polar surface area (TPSA) is 503 Å². The average molecular weight is 1170 g/mol. The fourth-order valence-electron chi connectivity index (χ4n) is 6.97. The van der Waals surface area contributed by atoms with Crippen LogP contribution in [0.15, 0.2) is 24.3 Å². The first-order chi connectivity index (χ1) is 37.8. The van der Waals surface area contributed by atoms with Crippen LogP contribution in [0, 0.1) is 11.3 Å². The first-order valence-corrected chi connectivity index (χ1v) is 27.1. The van der Waals surface area contributed by atoms with E-state index in [4.69, 9.17) is 16.9 Å². The third-order valence-corrected chi connectivity index (χ3v) is 12.2. The molecule has 1 aromatic carbocycles. The molecule has 0 spiro atoms. The van der Waals surface area contributed by atoms with Gasteiger partial charge in [0.25, 0.3) is 0 Å². The van der Waals surface area contributed by atoms with Crippen molar-refractivity contribution in [2.45, 2.75) is 147 Å². The molecule has 0 aliphatic carbocycles. The largest absolute Gasteiger partial charge is 0.508 e. The Balaban J connectivity index is 2.83. The number of guanidine groups is 1. The fraction of sp³-hybridized carbons (Fsp3) is 0.592. The summed E-state index contributed by atoms with van der Waals surface area (Å²) < 4.78 is 0. The lowest BCUT2D eigenvalue weighted by molar-refractivity contribution is -0.142. The first-order valence-electron chi connectivity index (χ1n) is 25.7. The molecular weight excluding hydrogens is 1090 g/mol. The highest BCUT2D eigenvalue weighted by Crippen LogP contribution is 2.13. The van der Waals surface area contributed by atoms with E-state index in [0.717, 1.165) is 0 Å². The lowest BCUT2D eigenvalue weighted by Gasteiger charge is -2.25. The molecule has 32 heteroatoms. The zero-order valence-corrected chi connectivity index (χ0v) is 47.3. The molecule has 0 aliphatic rings. The van der Waals surface area contributed by atoms with E-state index in [0.29, 0.717) is 11.3 Å². The molecule has 1 aromatic rings. The molecule has 0 unspecified atom stereocenters. The van der Waals surface area contributed by atoms with Crippen LogP contribution in [0.5, 0.6) is 5.75 Å². The van der Waals surface area contributed by atoms with E-state index in [9.17, 15) is 77.6 Å². The zero-order chi connectivity index (χ0) is 61.7. The van der Waals surface area contributed by atoms with Gasteiger partial charge in [0.2, 0.25) is 65.0 Å². The molecular formula is C49H79N15O16S. The van der Waals surface area contributed by atoms with Crippen molar-refractivity contribution in [1.29, 1.82) is 5.41 Å². The van der Waals surface area contributed by atoms with Crippen LogP contribution >= 0.6 is 11.8 Å². The smallest absolute Gasteiger partial charge is 0.326 e. The lowest BCUT2D eigenvalue weighted by atomic mass is 10.0. The molecule has 1 rings (SSSR count). The Morgan fingerprint density at radius 1 is 0.531 bits per heavy atom. The molecule has 0 radical (unpaired) electrons. The molecule has 0 saturated heterocycles. The van der Waals surface area contributed by atoms with Gasteiger partial charge in [0, 0.05) is 13.0 Å². The van der Waals surface area contributed by atoms with Crippen molar-refractivity contribution in [2.24, 2.45) is 17.4 Å². The summed E-state index contributed by atoms with van der Waals surface area (Å²) in [5, 5.41) is 64.5. The number of carboxylic acid groups (broad SMARTS) is 2. The van der Waals surface area contributed by atoms with Crippen LogP contribution < -0.4 is 75.3 Å². The molecule has 0 heterocycles. The number of carboxylic acids is 2. The number of amides is 11. The number of hydrogen-bond acceptors (Lipinski definition) is 17. The summed E-state index contributed by atoms with van der Waals surface area (Å²) in [7, 11) is 0. The number of carbonyl (C=O) groups excluding carboxylic acids is 11. The molecule has 31 nitrogen and oxygen atoms in total. The van der Waals surface area contributed by atoms with Gasteiger partial charge in [-0.3, -0.25) is 62.9 Å². The second-order valence-corrected chi connectivity index (χ2v) is 20.3. The van der Waals surface area contributed by atoms with Crippen LogP contribution in [0.2, 0.25) is 0 Å². The van der Waals surface area contributed by atoms with E-state index < -0.39 is 157 Å². The Morgan fingerprint density at radius 2 is 0.988 bits per heavy atom. The monoisotopic (exact) mass is 1170 g/mol. The number of aliphatic carboxylic acids is 2. The summed E-state index contributed by atoms with van der Waals surface area (Å²) in [6, 6.07) is -7.37. The Bertz CT molecular complexity index is 2400. The first kappa shape index (κ1) is 70.7. The van der Waals surface area contributed by atoms with Gasteiger partial charge in [-0.05, 0) is 95.9 Å². The van der Waals surface area contributed by atoms with Crippen molar-refractivity contribution < 1.29 is 77.6 Å². The van der Waals surface area contributed by atoms with Crippen LogP contribution in [0.3, 0.4) is 0 Å². The predicted octanol–water partition coefficient (Wildman–Crippen LogP) is -5.42. The molecule has 0 saturated carbocycles. The second-order valence-electron chi connectivity index (χ2n) is 19.3. The standard InChI is InChI=1S/C49H79N15O16S/c1-23(2)18-33(46(77)62-32(48(79)80)10-9-16-53-49(51)52)60-37(67)22-54-36(66)21-55-40(71)25(4)56-41(72)27(6)59-45(76)35(20-38(68)69)64-43(74)28(7)57-42(73)26(5)58-44(75)31(15-17-81-8)61-47(78)34(63-39(70)24(3)50)19-29-11-13-30(65)14-12-29/h11-14,23-28,31-35,65H,9-10,15-22,50H2,1-8H3,(H,54,66)(H,55,71)(H,56,72)(H,57,73)(H,58,75)(H,59,76)(H,60,67)(H,61,78)(H,62,77)(H,63,70)(H,64,74)(H,68,69)(H,79,80)(H4,51,52,53)/t24-,25-,26-,27-,28-,31-,32-,33-,34-,35-/m0/s1. The van der Waals surface area contributed by atoms with Crippen LogP contribution in [0.1, 0.15) is 86.1 Å². The van der Waals surface area contributed by atoms with Crippen LogP contribution in [0.4, 0.5) is 0 Å². The molecule has 0 fully saturated rings. The summed E-state index contributed by atoms with van der Waals surface area (Å²) in [5.41, 5.74) is 11.5. The Kier molecular flexibility index (Phi) is 31.5. The number of aromatic hydroxyl groups is 1. The van der Waals surface area contributed by atoms with E-state index in [1.165, 1.54) is 58.5 Å². The van der Waals surface area contributed by atoms with Gasteiger partial charge in [-0.2, -0.15) is 11.8 Å². The normalized spacial score (nSPS) is 14.5. The van der Waals surface area contributed by atoms with E-state index in [-0.39, 0.29) is 56.3 Å². The molecule has 0 aromatic heterocycles. The number of nitrogens with two attached hydrogens (primary N) is 2. The van der Waals surface area contributed by atoms with Crippen molar-refractivity contribution in [3.8, 4) is 5.75 Å². The van der Waals surface area contributed by atoms with E-state index in [2.05, 4.69) is 63.8 Å². The SMILES string of the molecule is CSCC[C@H](NC(=O)[C@H](Cc1ccc(O)cc1)NC(=O)[C@H](C)N)C(=O)N[C@@H](C)C(=O)N[C@@H](C)C(=O)N[C@@H](CC(=O)O)C(=O)N[C@@H](C)C(=O)N[C@@H](C)C(=O)NCC(=O)NCC(=O)N[C@@H](CC(C)C)C(=O)N[C@@H](CCCNC(=N)N)C(=O)O. The van der Waals surface area contributed by atoms with Gasteiger partial charge in [0.1, 0.15) is 60.1 Å². The quantitative estimate of drug-likeness (QED) is 0.0169. The van der Waals surface area contributed by atoms with Crippen molar-refractivity contribution in [3.63, 3.8) is 0 Å². The number of phenolic OH excluding ortho intramolecular Hbond substituents is 1. The van der Waals surface area contributed by atoms with Crippen LogP contribution in [-0.4, -0.2) is 190 Å². The number of benzene rings is 1. The summed E-state index contributed by atoms with van der Waals surface area (Å²) in [6.45, 7) is 8.67. The Labute approximate surface area is 472 Å². The van der Waals surface area contributed by atoms with Gasteiger partial charge in [0.15, 0.2) is 5.96 Å². The maximum Gasteiger partial charge on any atom is 0.326 e. The molecule has 0 aliphatic heterocycles. The van der Waals surface area contributed by atoms with Gasteiger partial charge < -0.3 is 90.6 Å². The number of hydrogen-bond donors (Lipinski definition) is 18. The molecule has 10 atom stereocenters. The van der Waals surface area contributed by atoms with E-state index in [1.807, 2.05) is 0 Å². The lowest BCUT2D eigenvalue weighted by Crippen LogP contribution is -2.59. The third kappa shape index (κ3) is 28.4. The zero-order valence-electron chi connectivity index (χ0n) is 46.4. The highest BCUT2D eigenvalue weighted by atomic mass is 32.2. The molecule has 20 N–H and O–H groups in total. The summed E-state index contributed by atoms with van der Waals surface area (Å²) in [6.07, 6.45) is 1.17. The number of nitrogens with one attached hydrogen (secondary N) is 13. The minimum Gasteiger partial charge on any atom is -0.508 e. The summed E-state index contributed by atoms with van der Waals surface area (Å²) in [4.78, 5) is 167. The van der Waals surface area contributed by atoms with Gasteiger partial charge in [0.05, 0.1) is 25.6 Å². The number of phenols is 1. The van der Waals surface area contributed by atoms with Crippen molar-refractivity contribution >= 4 is 94.6 Å². The molecule has 11 amide bonds. The van der Waals surface area contributed by atoms with Crippen molar-refractivity contribution in [1.82, 2.24) is 63.8 Å². The molecule has 452 valence electrons. The second kappa shape index (κ2) is 36.1. The van der Waals surface area contributed by atoms with Crippen LogP contribution in [-0.2, 0) is 68.7 Å². The van der Waals surface area contributed by atoms with Gasteiger partial charge in [-0.15, -0.1) is 0 Å². The average Bonchev–Trinajstić information content (AvgIpc) is 3.38. The van der Waals surface area contributed by atoms with Crippen molar-refractivity contribution in [3.05, 3.63) is 29.8 Å². The van der Waals surface area contributed by atoms with Crippen molar-refractivity contribution in [2.75, 3.05) is 31.6 Å². The van der Waals surface area contributed by atoms with Gasteiger partial charge in [-0.1, -0.05) is 26.0 Å². The van der Waals surface area contributed by atoms with Gasteiger partial charge in [-0.25, -0.2) is 4.79 Å². The van der Waals surface area contributed by atoms with E-state index >= 15 is 0 Å². The Morgan fingerprint density at radius 3 is 1.49 bits per heavy atom. The summed E-state index contributed by atoms with van der Waals surface area (Å²) >= 11 is 1.36. The maximum atomic E-state index is 13.6. The number of carbonyl (C=O) groups is 13. The number of rotatable bonds is 36. The highest BCUT2D eigenvalue weighted by molar-refractivity contribution is 7.98. The minimum atomic E-state index is -1.81. The number of thioether (sulfide) groups is 1. The van der Waals surface area contributed by atoms with Crippen LogP contribution in [0.25, 0.3) is 0 Å². The molecule has 0 bridgehead atoms. The maximum absolute atomic E-state index is 13.6. The molecule has 81 heavy (non-hydrogen) atoms.